The van der Waals surface area contributed by atoms with Crippen molar-refractivity contribution in [1.82, 2.24) is 4.31 Å². The molecule has 2 fully saturated rings. The molecule has 1 unspecified atom stereocenters. The minimum atomic E-state index is -3.13. The number of sulfonamides is 1. The minimum Gasteiger partial charge on any atom is -0.381 e. The van der Waals surface area contributed by atoms with E-state index in [0.717, 1.165) is 0 Å². The van der Waals surface area contributed by atoms with Gasteiger partial charge in [-0.3, -0.25) is 0 Å². The molecule has 82 valence electrons. The highest BCUT2D eigenvalue weighted by molar-refractivity contribution is 7.89. The molecule has 0 saturated carbocycles. The zero-order chi connectivity index (χ0) is 10.4. The Kier molecular flexibility index (Phi) is 2.34. The number of likely N-dealkylation sites (N-methyl/N-ethyl adjacent to an activating group) is 1. The molecule has 6 heteroatoms. The van der Waals surface area contributed by atoms with Gasteiger partial charge >= 0.3 is 0 Å². The van der Waals surface area contributed by atoms with Gasteiger partial charge in [0.15, 0.2) is 0 Å². The van der Waals surface area contributed by atoms with E-state index in [0.29, 0.717) is 26.1 Å². The van der Waals surface area contributed by atoms with E-state index in [2.05, 4.69) is 0 Å². The van der Waals surface area contributed by atoms with E-state index >= 15 is 0 Å². The van der Waals surface area contributed by atoms with Gasteiger partial charge in [-0.25, -0.2) is 8.42 Å². The molecule has 1 atom stereocenters. The van der Waals surface area contributed by atoms with Crippen molar-refractivity contribution in [3.63, 3.8) is 0 Å². The number of nitrogens with zero attached hydrogens (tertiary/aromatic N) is 1. The molecule has 0 aromatic carbocycles. The fraction of sp³-hybridized carbons (Fsp3) is 1.00. The molecule has 0 aromatic heterocycles. The predicted octanol–water partition coefficient (Wildman–Crippen LogP) is -0.862. The zero-order valence-corrected chi connectivity index (χ0v) is 9.09. The average molecular weight is 220 g/mol. The Morgan fingerprint density at radius 3 is 2.43 bits per heavy atom. The van der Waals surface area contributed by atoms with Gasteiger partial charge in [-0.15, -0.1) is 0 Å². The first kappa shape index (κ1) is 10.4. The van der Waals surface area contributed by atoms with Crippen molar-refractivity contribution >= 4 is 10.0 Å². The van der Waals surface area contributed by atoms with Crippen LogP contribution in [0.5, 0.6) is 0 Å². The van der Waals surface area contributed by atoms with Crippen LogP contribution in [0.4, 0.5) is 0 Å². The first-order chi connectivity index (χ1) is 6.49. The number of ether oxygens (including phenoxy) is 1. The van der Waals surface area contributed by atoms with Crippen molar-refractivity contribution in [2.75, 3.05) is 26.0 Å². The van der Waals surface area contributed by atoms with Crippen molar-refractivity contribution in [1.29, 1.82) is 0 Å². The van der Waals surface area contributed by atoms with Gasteiger partial charge in [0.05, 0.1) is 11.3 Å². The molecule has 0 aliphatic carbocycles. The predicted molar refractivity (Wildman–Crippen MR) is 52.3 cm³/mol. The lowest BCUT2D eigenvalue weighted by Gasteiger charge is -2.40. The van der Waals surface area contributed by atoms with E-state index in [1.807, 2.05) is 0 Å². The van der Waals surface area contributed by atoms with Gasteiger partial charge in [-0.1, -0.05) is 0 Å². The van der Waals surface area contributed by atoms with Crippen LogP contribution in [0.15, 0.2) is 0 Å². The normalized spacial score (nSPS) is 36.3. The highest BCUT2D eigenvalue weighted by Gasteiger charge is 2.53. The third-order valence-corrected chi connectivity index (χ3v) is 5.46. The first-order valence-corrected chi connectivity index (χ1v) is 6.40. The van der Waals surface area contributed by atoms with Gasteiger partial charge in [-0.2, -0.15) is 4.31 Å². The van der Waals surface area contributed by atoms with Crippen molar-refractivity contribution in [2.45, 2.75) is 24.4 Å². The van der Waals surface area contributed by atoms with E-state index < -0.39 is 10.0 Å². The Balaban J connectivity index is 2.34. The maximum atomic E-state index is 11.7. The van der Waals surface area contributed by atoms with E-state index in [1.54, 1.807) is 7.05 Å². The molecular weight excluding hydrogens is 204 g/mol. The lowest BCUT2D eigenvalue weighted by atomic mass is 9.84. The smallest absolute Gasteiger partial charge is 0.216 e. The van der Waals surface area contributed by atoms with Gasteiger partial charge in [0.2, 0.25) is 10.0 Å². The molecule has 0 amide bonds. The molecule has 1 spiro atoms. The molecule has 2 aliphatic rings. The second kappa shape index (κ2) is 3.16. The average Bonchev–Trinajstić information content (AvgIpc) is 2.30. The molecule has 2 saturated heterocycles. The summed E-state index contributed by atoms with van der Waals surface area (Å²) in [6.07, 6.45) is 1.42. The molecular formula is C8H16N2O3S. The molecule has 0 bridgehead atoms. The van der Waals surface area contributed by atoms with Crippen molar-refractivity contribution in [3.8, 4) is 0 Å². The molecule has 2 heterocycles. The van der Waals surface area contributed by atoms with Crippen LogP contribution in [-0.4, -0.2) is 50.3 Å². The lowest BCUT2D eigenvalue weighted by Crippen LogP contribution is -2.56. The van der Waals surface area contributed by atoms with Crippen LogP contribution >= 0.6 is 0 Å². The molecule has 0 radical (unpaired) electrons. The fourth-order valence-electron chi connectivity index (χ4n) is 2.41. The van der Waals surface area contributed by atoms with E-state index in [4.69, 9.17) is 10.5 Å². The summed E-state index contributed by atoms with van der Waals surface area (Å²) in [5.41, 5.74) is 5.56. The lowest BCUT2D eigenvalue weighted by molar-refractivity contribution is 0.0105. The third kappa shape index (κ3) is 1.29. The maximum absolute atomic E-state index is 11.7. The van der Waals surface area contributed by atoms with Gasteiger partial charge in [-0.05, 0) is 12.8 Å². The summed E-state index contributed by atoms with van der Waals surface area (Å²) in [6.45, 7) is 1.21. The Bertz CT molecular complexity index is 321. The van der Waals surface area contributed by atoms with Gasteiger partial charge in [0.25, 0.3) is 0 Å². The second-order valence-corrected chi connectivity index (χ2v) is 6.11. The number of rotatable bonds is 0. The Labute approximate surface area is 84.3 Å². The van der Waals surface area contributed by atoms with Gasteiger partial charge in [0, 0.05) is 26.3 Å². The fourth-order valence-corrected chi connectivity index (χ4v) is 4.27. The van der Waals surface area contributed by atoms with Crippen molar-refractivity contribution in [2.24, 2.45) is 5.73 Å². The third-order valence-electron chi connectivity index (χ3n) is 3.48. The van der Waals surface area contributed by atoms with Crippen molar-refractivity contribution in [3.05, 3.63) is 0 Å². The SMILES string of the molecule is CN1C2(CCOCC2)C(N)CS1(=O)=O. The largest absolute Gasteiger partial charge is 0.381 e. The van der Waals surface area contributed by atoms with Crippen LogP contribution < -0.4 is 5.73 Å². The van der Waals surface area contributed by atoms with Crippen LogP contribution in [0.1, 0.15) is 12.8 Å². The van der Waals surface area contributed by atoms with E-state index in [-0.39, 0.29) is 17.3 Å². The standard InChI is InChI=1S/C8H16N2O3S/c1-10-8(2-4-13-5-3-8)7(9)6-14(10,11)12/h7H,2-6,9H2,1H3. The second-order valence-electron chi connectivity index (χ2n) is 4.07. The highest BCUT2D eigenvalue weighted by atomic mass is 32.2. The summed E-state index contributed by atoms with van der Waals surface area (Å²) in [5.74, 6) is 0.0729. The topological polar surface area (TPSA) is 72.6 Å². The van der Waals surface area contributed by atoms with Crippen LogP contribution in [0, 0.1) is 0 Å². The summed E-state index contributed by atoms with van der Waals surface area (Å²) in [4.78, 5) is 0. The summed E-state index contributed by atoms with van der Waals surface area (Å²) >= 11 is 0. The minimum absolute atomic E-state index is 0.0729. The number of hydrogen-bond acceptors (Lipinski definition) is 4. The summed E-state index contributed by atoms with van der Waals surface area (Å²) in [7, 11) is -1.50. The number of nitrogens with two attached hydrogens (primary N) is 1. The molecule has 0 aromatic rings. The Morgan fingerprint density at radius 2 is 2.00 bits per heavy atom. The van der Waals surface area contributed by atoms with E-state index in [1.165, 1.54) is 4.31 Å². The summed E-state index contributed by atoms with van der Waals surface area (Å²) in [5, 5.41) is 0. The van der Waals surface area contributed by atoms with Crippen LogP contribution in [0.2, 0.25) is 0 Å². The summed E-state index contributed by atoms with van der Waals surface area (Å²) < 4.78 is 30.0. The monoisotopic (exact) mass is 220 g/mol. The zero-order valence-electron chi connectivity index (χ0n) is 8.27. The van der Waals surface area contributed by atoms with Crippen LogP contribution in [-0.2, 0) is 14.8 Å². The number of hydrogen-bond donors (Lipinski definition) is 1. The van der Waals surface area contributed by atoms with Crippen LogP contribution in [0.25, 0.3) is 0 Å². The van der Waals surface area contributed by atoms with Gasteiger partial charge in [0.1, 0.15) is 0 Å². The maximum Gasteiger partial charge on any atom is 0.216 e. The van der Waals surface area contributed by atoms with Crippen LogP contribution in [0.3, 0.4) is 0 Å². The Morgan fingerprint density at radius 1 is 1.43 bits per heavy atom. The van der Waals surface area contributed by atoms with E-state index in [9.17, 15) is 8.42 Å². The van der Waals surface area contributed by atoms with Gasteiger partial charge < -0.3 is 10.5 Å². The molecule has 2 rings (SSSR count). The molecule has 14 heavy (non-hydrogen) atoms. The first-order valence-electron chi connectivity index (χ1n) is 4.79. The molecule has 2 aliphatic heterocycles. The summed E-state index contributed by atoms with van der Waals surface area (Å²) in [6, 6.07) is -0.276. The Hall–Kier alpha value is -0.170. The quantitative estimate of drug-likeness (QED) is 0.576. The molecule has 2 N–H and O–H groups in total. The van der Waals surface area contributed by atoms with Crippen molar-refractivity contribution < 1.29 is 13.2 Å². The highest BCUT2D eigenvalue weighted by Crippen LogP contribution is 2.37. The molecule has 5 nitrogen and oxygen atoms in total.